The van der Waals surface area contributed by atoms with Crippen LogP contribution in [-0.4, -0.2) is 27.4 Å². The first kappa shape index (κ1) is 12.8. The van der Waals surface area contributed by atoms with Crippen molar-refractivity contribution in [3.8, 4) is 0 Å². The van der Waals surface area contributed by atoms with Crippen LogP contribution in [0.15, 0.2) is 15.6 Å². The summed E-state index contributed by atoms with van der Waals surface area (Å²) in [5.74, 6) is 0.129. The highest BCUT2D eigenvalue weighted by Crippen LogP contribution is 2.30. The number of carbonyl (C=O) groups excluding carboxylic acids is 1. The Hall–Kier alpha value is -1.69. The number of amides is 1. The fourth-order valence-electron chi connectivity index (χ4n) is 1.66. The zero-order chi connectivity index (χ0) is 13.7. The fraction of sp³-hybridized carbons (Fsp3) is 0.583. The third-order valence-corrected chi connectivity index (χ3v) is 3.02. The molecule has 1 atom stereocenters. The van der Waals surface area contributed by atoms with Gasteiger partial charge in [-0.3, -0.25) is 4.79 Å². The summed E-state index contributed by atoms with van der Waals surface area (Å²) in [6.07, 6.45) is -1.02. The van der Waals surface area contributed by atoms with Gasteiger partial charge in [-0.15, -0.1) is 5.10 Å². The van der Waals surface area contributed by atoms with Crippen LogP contribution >= 0.6 is 0 Å². The van der Waals surface area contributed by atoms with E-state index >= 15 is 0 Å². The molecule has 98 valence electrons. The first-order valence-electron chi connectivity index (χ1n) is 5.76. The first-order valence-corrected chi connectivity index (χ1v) is 5.76. The standard InChI is InChI=1S/C12H17N3O3/c1-6-7(2)9(17)15(8(6)16)11-14-13-10(18-11)12(3,4)5/h8,16H,1-5H3. The lowest BCUT2D eigenvalue weighted by Crippen LogP contribution is -2.35. The Labute approximate surface area is 105 Å². The van der Waals surface area contributed by atoms with Crippen LogP contribution in [0.25, 0.3) is 0 Å². The molecule has 2 rings (SSSR count). The van der Waals surface area contributed by atoms with E-state index in [4.69, 9.17) is 4.42 Å². The van der Waals surface area contributed by atoms with Crippen LogP contribution < -0.4 is 4.90 Å². The van der Waals surface area contributed by atoms with Crippen LogP contribution in [0.2, 0.25) is 0 Å². The van der Waals surface area contributed by atoms with Crippen LogP contribution in [-0.2, 0) is 10.2 Å². The summed E-state index contributed by atoms with van der Waals surface area (Å²) in [5.41, 5.74) is 0.824. The lowest BCUT2D eigenvalue weighted by Gasteiger charge is -2.17. The fourth-order valence-corrected chi connectivity index (χ4v) is 1.66. The Morgan fingerprint density at radius 2 is 1.89 bits per heavy atom. The first-order chi connectivity index (χ1) is 8.23. The molecule has 0 saturated carbocycles. The number of anilines is 1. The summed E-state index contributed by atoms with van der Waals surface area (Å²) in [6, 6.07) is 0.0358. The van der Waals surface area contributed by atoms with Gasteiger partial charge in [0.25, 0.3) is 5.91 Å². The summed E-state index contributed by atoms with van der Waals surface area (Å²) in [7, 11) is 0. The molecule has 0 fully saturated rings. The monoisotopic (exact) mass is 251 g/mol. The zero-order valence-electron chi connectivity index (χ0n) is 11.2. The molecule has 0 aromatic carbocycles. The van der Waals surface area contributed by atoms with Crippen molar-refractivity contribution in [1.29, 1.82) is 0 Å². The van der Waals surface area contributed by atoms with Gasteiger partial charge in [0.1, 0.15) is 0 Å². The number of nitrogens with zero attached hydrogens (tertiary/aromatic N) is 3. The maximum atomic E-state index is 12.0. The van der Waals surface area contributed by atoms with E-state index < -0.39 is 6.23 Å². The van der Waals surface area contributed by atoms with Crippen molar-refractivity contribution < 1.29 is 14.3 Å². The molecule has 0 saturated heterocycles. The van der Waals surface area contributed by atoms with Gasteiger partial charge in [-0.2, -0.15) is 0 Å². The molecule has 2 heterocycles. The minimum atomic E-state index is -1.02. The number of aliphatic hydroxyl groups excluding tert-OH is 1. The molecular formula is C12H17N3O3. The van der Waals surface area contributed by atoms with Crippen molar-refractivity contribution in [2.45, 2.75) is 46.3 Å². The quantitative estimate of drug-likeness (QED) is 0.815. The summed E-state index contributed by atoms with van der Waals surface area (Å²) in [5, 5.41) is 17.7. The van der Waals surface area contributed by atoms with E-state index in [0.717, 1.165) is 4.90 Å². The van der Waals surface area contributed by atoms with Crippen molar-refractivity contribution in [2.24, 2.45) is 0 Å². The van der Waals surface area contributed by atoms with Crippen molar-refractivity contribution in [2.75, 3.05) is 4.90 Å². The van der Waals surface area contributed by atoms with Crippen molar-refractivity contribution >= 4 is 11.9 Å². The Morgan fingerprint density at radius 3 is 2.28 bits per heavy atom. The summed E-state index contributed by atoms with van der Waals surface area (Å²) < 4.78 is 5.47. The van der Waals surface area contributed by atoms with Gasteiger partial charge in [0.15, 0.2) is 6.23 Å². The average Bonchev–Trinajstić information content (AvgIpc) is 2.81. The average molecular weight is 251 g/mol. The molecule has 6 heteroatoms. The van der Waals surface area contributed by atoms with Gasteiger partial charge in [-0.05, 0) is 19.4 Å². The van der Waals surface area contributed by atoms with Gasteiger partial charge in [0, 0.05) is 11.0 Å². The van der Waals surface area contributed by atoms with E-state index in [9.17, 15) is 9.90 Å². The number of aliphatic hydroxyl groups is 1. The molecule has 0 radical (unpaired) electrons. The Balaban J connectivity index is 2.35. The molecule has 0 bridgehead atoms. The predicted octanol–water partition coefficient (Wildman–Crippen LogP) is 1.37. The van der Waals surface area contributed by atoms with Gasteiger partial charge in [0.05, 0.1) is 0 Å². The molecule has 1 aromatic heterocycles. The number of hydrogen-bond acceptors (Lipinski definition) is 5. The van der Waals surface area contributed by atoms with Crippen LogP contribution in [0.1, 0.15) is 40.5 Å². The van der Waals surface area contributed by atoms with E-state index in [-0.39, 0.29) is 17.3 Å². The second-order valence-corrected chi connectivity index (χ2v) is 5.50. The SMILES string of the molecule is CC1=C(C)C(O)N(c2nnc(C(C)(C)C)o2)C1=O. The number of aromatic nitrogens is 2. The molecule has 0 aliphatic carbocycles. The maximum Gasteiger partial charge on any atom is 0.327 e. The van der Waals surface area contributed by atoms with Crippen LogP contribution in [0.3, 0.4) is 0 Å². The molecule has 0 spiro atoms. The number of rotatable bonds is 1. The highest BCUT2D eigenvalue weighted by molar-refractivity contribution is 6.08. The van der Waals surface area contributed by atoms with Crippen molar-refractivity contribution in [3.05, 3.63) is 17.0 Å². The molecule has 1 unspecified atom stereocenters. The van der Waals surface area contributed by atoms with Crippen LogP contribution in [0.5, 0.6) is 0 Å². The Kier molecular flexibility index (Phi) is 2.77. The van der Waals surface area contributed by atoms with Gasteiger partial charge >= 0.3 is 6.01 Å². The van der Waals surface area contributed by atoms with E-state index in [2.05, 4.69) is 10.2 Å². The second kappa shape index (κ2) is 3.91. The maximum absolute atomic E-state index is 12.0. The zero-order valence-corrected chi connectivity index (χ0v) is 11.2. The number of carbonyl (C=O) groups is 1. The second-order valence-electron chi connectivity index (χ2n) is 5.50. The highest BCUT2D eigenvalue weighted by Gasteiger charge is 2.38. The lowest BCUT2D eigenvalue weighted by molar-refractivity contribution is -0.115. The van der Waals surface area contributed by atoms with Crippen molar-refractivity contribution in [1.82, 2.24) is 10.2 Å². The van der Waals surface area contributed by atoms with E-state index in [1.54, 1.807) is 13.8 Å². The molecule has 18 heavy (non-hydrogen) atoms. The molecular weight excluding hydrogens is 234 g/mol. The lowest BCUT2D eigenvalue weighted by atomic mass is 9.97. The van der Waals surface area contributed by atoms with Crippen LogP contribution in [0.4, 0.5) is 6.01 Å². The minimum absolute atomic E-state index is 0.0358. The predicted molar refractivity (Wildman–Crippen MR) is 64.9 cm³/mol. The third-order valence-electron chi connectivity index (χ3n) is 3.02. The number of hydrogen-bond donors (Lipinski definition) is 1. The largest absolute Gasteiger partial charge is 0.407 e. The minimum Gasteiger partial charge on any atom is -0.407 e. The smallest absolute Gasteiger partial charge is 0.327 e. The normalized spacial score (nSPS) is 21.1. The molecule has 1 aliphatic rings. The van der Waals surface area contributed by atoms with Gasteiger partial charge in [0.2, 0.25) is 5.89 Å². The van der Waals surface area contributed by atoms with E-state index in [0.29, 0.717) is 17.0 Å². The van der Waals surface area contributed by atoms with Gasteiger partial charge < -0.3 is 9.52 Å². The topological polar surface area (TPSA) is 79.5 Å². The van der Waals surface area contributed by atoms with Crippen LogP contribution in [0, 0.1) is 0 Å². The Bertz CT molecular complexity index is 525. The van der Waals surface area contributed by atoms with E-state index in [1.165, 1.54) is 0 Å². The molecule has 1 N–H and O–H groups in total. The Morgan fingerprint density at radius 1 is 1.28 bits per heavy atom. The summed E-state index contributed by atoms with van der Waals surface area (Å²) in [4.78, 5) is 13.1. The molecule has 6 nitrogen and oxygen atoms in total. The molecule has 1 aromatic rings. The summed E-state index contributed by atoms with van der Waals surface area (Å²) >= 11 is 0. The van der Waals surface area contributed by atoms with E-state index in [1.807, 2.05) is 20.8 Å². The third kappa shape index (κ3) is 1.82. The molecule has 1 aliphatic heterocycles. The molecule has 1 amide bonds. The highest BCUT2D eigenvalue weighted by atomic mass is 16.4. The van der Waals surface area contributed by atoms with Crippen molar-refractivity contribution in [3.63, 3.8) is 0 Å². The summed E-state index contributed by atoms with van der Waals surface area (Å²) in [6.45, 7) is 9.17. The van der Waals surface area contributed by atoms with Gasteiger partial charge in [-0.25, -0.2) is 4.90 Å². The van der Waals surface area contributed by atoms with Gasteiger partial charge in [-0.1, -0.05) is 25.9 Å².